The summed E-state index contributed by atoms with van der Waals surface area (Å²) in [7, 11) is 0. The average molecular weight is 282 g/mol. The van der Waals surface area contributed by atoms with Crippen LogP contribution in [0.4, 0.5) is 5.69 Å². The molecule has 1 saturated carbocycles. The van der Waals surface area contributed by atoms with Gasteiger partial charge in [0.05, 0.1) is 10.6 Å². The Morgan fingerprint density at radius 3 is 2.95 bits per heavy atom. The predicted molar refractivity (Wildman–Crippen MR) is 78.0 cm³/mol. The van der Waals surface area contributed by atoms with Gasteiger partial charge >= 0.3 is 5.97 Å². The molecule has 0 bridgehead atoms. The highest BCUT2D eigenvalue weighted by molar-refractivity contribution is 6.33. The number of carboxylic acid groups (broad SMARTS) is 1. The SMILES string of the molecule is CC1CCCC(CNc2ccc(Cl)c(C(=O)O)c2)C1. The first kappa shape index (κ1) is 14.2. The first-order valence-electron chi connectivity index (χ1n) is 6.83. The molecular weight excluding hydrogens is 262 g/mol. The molecule has 2 atom stereocenters. The molecule has 1 aliphatic carbocycles. The van der Waals surface area contributed by atoms with Gasteiger partial charge in [0, 0.05) is 12.2 Å². The average Bonchev–Trinajstić information content (AvgIpc) is 2.37. The van der Waals surface area contributed by atoms with Crippen molar-refractivity contribution in [1.29, 1.82) is 0 Å². The molecule has 104 valence electrons. The van der Waals surface area contributed by atoms with Crippen LogP contribution < -0.4 is 5.32 Å². The van der Waals surface area contributed by atoms with E-state index in [1.807, 2.05) is 6.07 Å². The molecule has 0 amide bonds. The zero-order valence-electron chi connectivity index (χ0n) is 11.2. The quantitative estimate of drug-likeness (QED) is 0.866. The Kier molecular flexibility index (Phi) is 4.70. The molecule has 2 N–H and O–H groups in total. The number of carbonyl (C=O) groups is 1. The molecule has 0 saturated heterocycles. The van der Waals surface area contributed by atoms with Crippen LogP contribution in [-0.2, 0) is 0 Å². The van der Waals surface area contributed by atoms with E-state index in [-0.39, 0.29) is 10.6 Å². The van der Waals surface area contributed by atoms with E-state index in [0.717, 1.165) is 18.2 Å². The zero-order chi connectivity index (χ0) is 13.8. The van der Waals surface area contributed by atoms with Crippen molar-refractivity contribution in [1.82, 2.24) is 0 Å². The minimum absolute atomic E-state index is 0.156. The normalized spacial score (nSPS) is 23.1. The van der Waals surface area contributed by atoms with Crippen molar-refractivity contribution in [2.75, 3.05) is 11.9 Å². The van der Waals surface area contributed by atoms with Crippen LogP contribution in [0.1, 0.15) is 43.0 Å². The topological polar surface area (TPSA) is 49.3 Å². The third-order valence-electron chi connectivity index (χ3n) is 3.84. The van der Waals surface area contributed by atoms with Crippen LogP contribution in [0.2, 0.25) is 5.02 Å². The van der Waals surface area contributed by atoms with Gasteiger partial charge in [0.15, 0.2) is 0 Å². The Balaban J connectivity index is 1.96. The van der Waals surface area contributed by atoms with Gasteiger partial charge in [0.1, 0.15) is 0 Å². The number of hydrogen-bond donors (Lipinski definition) is 2. The van der Waals surface area contributed by atoms with E-state index in [1.165, 1.54) is 25.7 Å². The van der Waals surface area contributed by atoms with Crippen LogP contribution in [0.5, 0.6) is 0 Å². The van der Waals surface area contributed by atoms with E-state index in [0.29, 0.717) is 5.92 Å². The number of aromatic carboxylic acids is 1. The minimum atomic E-state index is -0.986. The van der Waals surface area contributed by atoms with Crippen molar-refractivity contribution in [3.05, 3.63) is 28.8 Å². The highest BCUT2D eigenvalue weighted by Gasteiger charge is 2.18. The lowest BCUT2D eigenvalue weighted by Gasteiger charge is -2.27. The van der Waals surface area contributed by atoms with Gasteiger partial charge in [-0.25, -0.2) is 4.79 Å². The fourth-order valence-electron chi connectivity index (χ4n) is 2.81. The standard InChI is InChI=1S/C15H20ClNO2/c1-10-3-2-4-11(7-10)9-17-12-5-6-14(16)13(8-12)15(18)19/h5-6,8,10-11,17H,2-4,7,9H2,1H3,(H,18,19). The Morgan fingerprint density at radius 2 is 2.26 bits per heavy atom. The Bertz CT molecular complexity index is 461. The Morgan fingerprint density at radius 1 is 1.47 bits per heavy atom. The molecule has 0 heterocycles. The number of anilines is 1. The molecule has 0 aliphatic heterocycles. The Hall–Kier alpha value is -1.22. The van der Waals surface area contributed by atoms with E-state index in [2.05, 4.69) is 12.2 Å². The summed E-state index contributed by atoms with van der Waals surface area (Å²) in [6, 6.07) is 5.08. The van der Waals surface area contributed by atoms with Crippen LogP contribution in [-0.4, -0.2) is 17.6 Å². The summed E-state index contributed by atoms with van der Waals surface area (Å²) < 4.78 is 0. The summed E-state index contributed by atoms with van der Waals surface area (Å²) >= 11 is 5.85. The summed E-state index contributed by atoms with van der Waals surface area (Å²) in [5.41, 5.74) is 0.990. The summed E-state index contributed by atoms with van der Waals surface area (Å²) in [5.74, 6) is 0.507. The molecule has 19 heavy (non-hydrogen) atoms. The number of halogens is 1. The molecular formula is C15H20ClNO2. The first-order chi connectivity index (χ1) is 9.06. The van der Waals surface area contributed by atoms with E-state index in [4.69, 9.17) is 16.7 Å². The van der Waals surface area contributed by atoms with E-state index in [9.17, 15) is 4.79 Å². The molecule has 2 rings (SSSR count). The fourth-order valence-corrected chi connectivity index (χ4v) is 3.00. The zero-order valence-corrected chi connectivity index (χ0v) is 11.9. The van der Waals surface area contributed by atoms with Crippen molar-refractivity contribution in [3.8, 4) is 0 Å². The number of rotatable bonds is 4. The number of hydrogen-bond acceptors (Lipinski definition) is 2. The van der Waals surface area contributed by atoms with E-state index >= 15 is 0 Å². The lowest BCUT2D eigenvalue weighted by Crippen LogP contribution is -2.21. The monoisotopic (exact) mass is 281 g/mol. The minimum Gasteiger partial charge on any atom is -0.478 e. The summed E-state index contributed by atoms with van der Waals surface area (Å²) in [6.07, 6.45) is 5.15. The third-order valence-corrected chi connectivity index (χ3v) is 4.17. The molecule has 1 aromatic carbocycles. The van der Waals surface area contributed by atoms with Crippen LogP contribution in [0.25, 0.3) is 0 Å². The van der Waals surface area contributed by atoms with Gasteiger partial charge in [-0.2, -0.15) is 0 Å². The summed E-state index contributed by atoms with van der Waals surface area (Å²) in [6.45, 7) is 3.21. The number of nitrogens with one attached hydrogen (secondary N) is 1. The maximum absolute atomic E-state index is 11.0. The lowest BCUT2D eigenvalue weighted by molar-refractivity contribution is 0.0697. The largest absolute Gasteiger partial charge is 0.478 e. The van der Waals surface area contributed by atoms with E-state index in [1.54, 1.807) is 12.1 Å². The van der Waals surface area contributed by atoms with Gasteiger partial charge in [-0.3, -0.25) is 0 Å². The van der Waals surface area contributed by atoms with Gasteiger partial charge in [0.25, 0.3) is 0 Å². The molecule has 1 fully saturated rings. The van der Waals surface area contributed by atoms with Crippen LogP contribution in [0.15, 0.2) is 18.2 Å². The molecule has 1 aromatic rings. The van der Waals surface area contributed by atoms with Crippen LogP contribution >= 0.6 is 11.6 Å². The Labute approximate surface area is 119 Å². The van der Waals surface area contributed by atoms with E-state index < -0.39 is 5.97 Å². The van der Waals surface area contributed by atoms with Crippen molar-refractivity contribution < 1.29 is 9.90 Å². The fraction of sp³-hybridized carbons (Fsp3) is 0.533. The van der Waals surface area contributed by atoms with Gasteiger partial charge < -0.3 is 10.4 Å². The van der Waals surface area contributed by atoms with Crippen molar-refractivity contribution in [2.45, 2.75) is 32.6 Å². The maximum atomic E-state index is 11.0. The smallest absolute Gasteiger partial charge is 0.337 e. The summed E-state index contributed by atoms with van der Waals surface area (Å²) in [4.78, 5) is 11.0. The highest BCUT2D eigenvalue weighted by Crippen LogP contribution is 2.29. The molecule has 3 nitrogen and oxygen atoms in total. The predicted octanol–water partition coefficient (Wildman–Crippen LogP) is 4.28. The second-order valence-electron chi connectivity index (χ2n) is 5.52. The second kappa shape index (κ2) is 6.29. The molecule has 4 heteroatoms. The molecule has 2 unspecified atom stereocenters. The third kappa shape index (κ3) is 3.87. The van der Waals surface area contributed by atoms with Crippen molar-refractivity contribution in [3.63, 3.8) is 0 Å². The maximum Gasteiger partial charge on any atom is 0.337 e. The molecule has 0 radical (unpaired) electrons. The second-order valence-corrected chi connectivity index (χ2v) is 5.93. The van der Waals surface area contributed by atoms with Crippen LogP contribution in [0.3, 0.4) is 0 Å². The van der Waals surface area contributed by atoms with Crippen LogP contribution in [0, 0.1) is 11.8 Å². The molecule has 1 aliphatic rings. The van der Waals surface area contributed by atoms with Gasteiger partial charge in [-0.15, -0.1) is 0 Å². The van der Waals surface area contributed by atoms with Gasteiger partial charge in [-0.05, 0) is 42.9 Å². The van der Waals surface area contributed by atoms with Crippen molar-refractivity contribution in [2.24, 2.45) is 11.8 Å². The van der Waals surface area contributed by atoms with Gasteiger partial charge in [-0.1, -0.05) is 31.4 Å². The summed E-state index contributed by atoms with van der Waals surface area (Å²) in [5, 5.41) is 12.6. The highest BCUT2D eigenvalue weighted by atomic mass is 35.5. The van der Waals surface area contributed by atoms with Crippen molar-refractivity contribution >= 4 is 23.3 Å². The van der Waals surface area contributed by atoms with Gasteiger partial charge in [0.2, 0.25) is 0 Å². The first-order valence-corrected chi connectivity index (χ1v) is 7.20. The molecule has 0 spiro atoms. The number of benzene rings is 1. The lowest BCUT2D eigenvalue weighted by atomic mass is 9.82. The molecule has 0 aromatic heterocycles. The number of carboxylic acids is 1.